The van der Waals surface area contributed by atoms with Gasteiger partial charge < -0.3 is 16.0 Å². The number of hydrogen-bond donors (Lipinski definition) is 3. The van der Waals surface area contributed by atoms with Crippen molar-refractivity contribution in [2.75, 3.05) is 25.0 Å². The number of nitro groups is 1. The molecule has 3 N–H and O–H groups in total. The Labute approximate surface area is 134 Å². The quantitative estimate of drug-likeness (QED) is 0.342. The van der Waals surface area contributed by atoms with Crippen molar-refractivity contribution in [3.8, 4) is 0 Å². The van der Waals surface area contributed by atoms with E-state index in [4.69, 9.17) is 0 Å². The molecule has 0 aromatic heterocycles. The van der Waals surface area contributed by atoms with Crippen LogP contribution in [0.25, 0.3) is 0 Å². The molecular weight excluding hydrogens is 300 g/mol. The summed E-state index contributed by atoms with van der Waals surface area (Å²) in [6.07, 6.45) is 2.24. The first-order valence-corrected chi connectivity index (χ1v) is 7.55. The number of unbranched alkanes of at least 4 members (excludes halogenated alkanes) is 1. The van der Waals surface area contributed by atoms with Gasteiger partial charge in [0, 0.05) is 25.6 Å². The molecule has 1 aromatic carbocycles. The Morgan fingerprint density at radius 2 is 1.91 bits per heavy atom. The summed E-state index contributed by atoms with van der Waals surface area (Å²) in [6, 6.07) is 5.93. The van der Waals surface area contributed by atoms with Crippen LogP contribution in [0.4, 0.5) is 11.4 Å². The maximum absolute atomic E-state index is 11.7. The number of carbonyl (C=O) groups is 2. The highest BCUT2D eigenvalue weighted by Gasteiger charge is 2.14. The summed E-state index contributed by atoms with van der Waals surface area (Å²) < 4.78 is 0. The average Bonchev–Trinajstić information content (AvgIpc) is 2.52. The first-order valence-electron chi connectivity index (χ1n) is 7.55. The third kappa shape index (κ3) is 7.37. The van der Waals surface area contributed by atoms with Crippen molar-refractivity contribution in [2.24, 2.45) is 0 Å². The van der Waals surface area contributed by atoms with Crippen molar-refractivity contribution >= 4 is 23.2 Å². The lowest BCUT2D eigenvalue weighted by molar-refractivity contribution is -0.383. The van der Waals surface area contributed by atoms with Crippen LogP contribution in [0, 0.1) is 10.1 Å². The zero-order valence-corrected chi connectivity index (χ0v) is 13.1. The Hall–Kier alpha value is -2.48. The van der Waals surface area contributed by atoms with Gasteiger partial charge >= 0.3 is 0 Å². The van der Waals surface area contributed by atoms with E-state index in [2.05, 4.69) is 16.0 Å². The summed E-state index contributed by atoms with van der Waals surface area (Å²) in [5.74, 6) is -0.462. The van der Waals surface area contributed by atoms with Crippen molar-refractivity contribution in [3.05, 3.63) is 34.4 Å². The van der Waals surface area contributed by atoms with Gasteiger partial charge in [-0.3, -0.25) is 19.7 Å². The molecule has 2 amide bonds. The number of nitrogens with zero attached hydrogens (tertiary/aromatic N) is 1. The van der Waals surface area contributed by atoms with Crippen LogP contribution in [-0.4, -0.2) is 36.4 Å². The summed E-state index contributed by atoms with van der Waals surface area (Å²) in [4.78, 5) is 33.5. The molecule has 0 aliphatic heterocycles. The second-order valence-electron chi connectivity index (χ2n) is 4.95. The number of rotatable bonds is 10. The molecule has 0 unspecified atom stereocenters. The average molecular weight is 322 g/mol. The maximum atomic E-state index is 11.7. The second-order valence-corrected chi connectivity index (χ2v) is 4.95. The Bertz CT molecular complexity index is 548. The fraction of sp³-hybridized carbons (Fsp3) is 0.467. The third-order valence-corrected chi connectivity index (χ3v) is 3.04. The Kier molecular flexibility index (Phi) is 8.30. The topological polar surface area (TPSA) is 113 Å². The minimum atomic E-state index is -0.552. The van der Waals surface area contributed by atoms with Crippen LogP contribution in [0.2, 0.25) is 0 Å². The molecule has 0 aliphatic carbocycles. The van der Waals surface area contributed by atoms with Gasteiger partial charge in [-0.2, -0.15) is 0 Å². The van der Waals surface area contributed by atoms with E-state index in [1.165, 1.54) is 18.2 Å². The van der Waals surface area contributed by atoms with Crippen molar-refractivity contribution in [3.63, 3.8) is 0 Å². The van der Waals surface area contributed by atoms with E-state index in [9.17, 15) is 19.7 Å². The van der Waals surface area contributed by atoms with Crippen LogP contribution in [0.5, 0.6) is 0 Å². The molecule has 1 aromatic rings. The second kappa shape index (κ2) is 10.3. The molecular formula is C15H22N4O4. The van der Waals surface area contributed by atoms with Crippen molar-refractivity contribution < 1.29 is 14.5 Å². The smallest absolute Gasteiger partial charge is 0.292 e. The summed E-state index contributed by atoms with van der Waals surface area (Å²) in [5.41, 5.74) is -0.00207. The largest absolute Gasteiger partial charge is 0.356 e. The molecule has 0 saturated heterocycles. The summed E-state index contributed by atoms with van der Waals surface area (Å²) in [6.45, 7) is 3.05. The van der Waals surface area contributed by atoms with Gasteiger partial charge in [0.1, 0.15) is 5.69 Å². The molecule has 8 heteroatoms. The Morgan fingerprint density at radius 3 is 2.61 bits per heavy atom. The number of hydrogen-bond acceptors (Lipinski definition) is 5. The molecule has 0 saturated carbocycles. The highest BCUT2D eigenvalue weighted by molar-refractivity contribution is 5.94. The summed E-state index contributed by atoms with van der Waals surface area (Å²) >= 11 is 0. The van der Waals surface area contributed by atoms with E-state index in [-0.39, 0.29) is 30.2 Å². The summed E-state index contributed by atoms with van der Waals surface area (Å²) in [5, 5.41) is 18.9. The van der Waals surface area contributed by atoms with Gasteiger partial charge in [0.15, 0.2) is 0 Å². The van der Waals surface area contributed by atoms with Crippen molar-refractivity contribution in [1.29, 1.82) is 0 Å². The Morgan fingerprint density at radius 1 is 1.17 bits per heavy atom. The third-order valence-electron chi connectivity index (χ3n) is 3.04. The monoisotopic (exact) mass is 322 g/mol. The normalized spacial score (nSPS) is 10.1. The number of nitro benzene ring substituents is 1. The number of benzene rings is 1. The molecule has 0 radical (unpaired) electrons. The van der Waals surface area contributed by atoms with Crippen LogP contribution in [-0.2, 0) is 9.59 Å². The molecule has 0 heterocycles. The van der Waals surface area contributed by atoms with E-state index >= 15 is 0 Å². The molecule has 126 valence electrons. The molecule has 0 fully saturated rings. The van der Waals surface area contributed by atoms with Crippen molar-refractivity contribution in [1.82, 2.24) is 10.6 Å². The lowest BCUT2D eigenvalue weighted by atomic mass is 10.2. The number of anilines is 1. The highest BCUT2D eigenvalue weighted by Crippen LogP contribution is 2.22. The SMILES string of the molecule is CCCCNC(=O)CCNCC(=O)Nc1ccccc1[N+](=O)[O-]. The van der Waals surface area contributed by atoms with E-state index in [1.54, 1.807) is 6.07 Å². The van der Waals surface area contributed by atoms with Crippen LogP contribution < -0.4 is 16.0 Å². The van der Waals surface area contributed by atoms with Gasteiger partial charge in [0.2, 0.25) is 11.8 Å². The Balaban J connectivity index is 2.28. The first kappa shape index (κ1) is 18.6. The fourth-order valence-corrected chi connectivity index (χ4v) is 1.83. The van der Waals surface area contributed by atoms with E-state index in [0.29, 0.717) is 13.1 Å². The molecule has 0 aliphatic rings. The first-order chi connectivity index (χ1) is 11.0. The number of nitrogens with one attached hydrogen (secondary N) is 3. The van der Waals surface area contributed by atoms with Gasteiger partial charge in [-0.1, -0.05) is 25.5 Å². The van der Waals surface area contributed by atoms with Gasteiger partial charge in [-0.25, -0.2) is 0 Å². The van der Waals surface area contributed by atoms with Crippen LogP contribution in [0.15, 0.2) is 24.3 Å². The van der Waals surface area contributed by atoms with Crippen LogP contribution >= 0.6 is 0 Å². The lowest BCUT2D eigenvalue weighted by Gasteiger charge is -2.07. The molecule has 0 spiro atoms. The molecule has 8 nitrogen and oxygen atoms in total. The van der Waals surface area contributed by atoms with Gasteiger partial charge in [-0.15, -0.1) is 0 Å². The fourth-order valence-electron chi connectivity index (χ4n) is 1.83. The van der Waals surface area contributed by atoms with Gasteiger partial charge in [0.25, 0.3) is 5.69 Å². The van der Waals surface area contributed by atoms with Crippen LogP contribution in [0.3, 0.4) is 0 Å². The summed E-state index contributed by atoms with van der Waals surface area (Å²) in [7, 11) is 0. The molecule has 0 atom stereocenters. The van der Waals surface area contributed by atoms with E-state index in [0.717, 1.165) is 12.8 Å². The standard InChI is InChI=1S/C15H22N4O4/c1-2-3-9-17-14(20)8-10-16-11-15(21)18-12-6-4-5-7-13(12)19(22)23/h4-7,16H,2-3,8-11H2,1H3,(H,17,20)(H,18,21). The number of para-hydroxylation sites is 2. The van der Waals surface area contributed by atoms with E-state index in [1.807, 2.05) is 6.92 Å². The minimum absolute atomic E-state index is 0.0196. The van der Waals surface area contributed by atoms with Gasteiger partial charge in [-0.05, 0) is 12.5 Å². The van der Waals surface area contributed by atoms with Gasteiger partial charge in [0.05, 0.1) is 11.5 Å². The zero-order valence-electron chi connectivity index (χ0n) is 13.1. The predicted molar refractivity (Wildman–Crippen MR) is 87.1 cm³/mol. The highest BCUT2D eigenvalue weighted by atomic mass is 16.6. The lowest BCUT2D eigenvalue weighted by Crippen LogP contribution is -2.32. The minimum Gasteiger partial charge on any atom is -0.356 e. The number of carbonyl (C=O) groups excluding carboxylic acids is 2. The zero-order chi connectivity index (χ0) is 17.1. The maximum Gasteiger partial charge on any atom is 0.292 e. The van der Waals surface area contributed by atoms with Crippen molar-refractivity contribution in [2.45, 2.75) is 26.2 Å². The van der Waals surface area contributed by atoms with E-state index < -0.39 is 10.8 Å². The molecule has 0 bridgehead atoms. The number of amides is 2. The molecule has 23 heavy (non-hydrogen) atoms. The predicted octanol–water partition coefficient (Wildman–Crippen LogP) is 1.43. The van der Waals surface area contributed by atoms with Crippen LogP contribution in [0.1, 0.15) is 26.2 Å². The molecule has 1 rings (SSSR count).